The molecule has 8 heteroatoms. The summed E-state index contributed by atoms with van der Waals surface area (Å²) in [4.78, 5) is 35.3. The molecule has 3 aromatic rings. The number of allylic oxidation sites excluding steroid dienone is 1. The van der Waals surface area contributed by atoms with E-state index in [9.17, 15) is 9.59 Å². The van der Waals surface area contributed by atoms with Crippen LogP contribution in [0.4, 0.5) is 5.69 Å². The Kier molecular flexibility index (Phi) is 8.16. The molecule has 0 spiro atoms. The van der Waals surface area contributed by atoms with Crippen molar-refractivity contribution in [3.05, 3.63) is 90.6 Å². The molecule has 0 N–H and O–H groups in total. The number of carbonyl (C=O) groups excluding carboxylic acids is 1. The SMILES string of the molecule is CCOC(=O)C1=C(C)N=c2sc(=Cc3ccc(N(CC)CC)cc3)c(=O)n2C1c1ccc(SC)cc1. The van der Waals surface area contributed by atoms with Gasteiger partial charge in [-0.15, -0.1) is 11.8 Å². The predicted octanol–water partition coefficient (Wildman–Crippen LogP) is 4.37. The number of anilines is 1. The van der Waals surface area contributed by atoms with Gasteiger partial charge in [-0.2, -0.15) is 0 Å². The number of thiazole rings is 1. The minimum atomic E-state index is -0.594. The molecule has 0 radical (unpaired) electrons. The maximum absolute atomic E-state index is 13.7. The zero-order chi connectivity index (χ0) is 25.8. The monoisotopic (exact) mass is 521 g/mol. The van der Waals surface area contributed by atoms with Crippen LogP contribution in [0.15, 0.2) is 74.5 Å². The molecule has 0 fully saturated rings. The molecule has 0 saturated heterocycles. The minimum Gasteiger partial charge on any atom is -0.463 e. The molecule has 1 atom stereocenters. The van der Waals surface area contributed by atoms with Crippen molar-refractivity contribution in [2.24, 2.45) is 4.99 Å². The Morgan fingerprint density at radius 3 is 2.36 bits per heavy atom. The molecule has 36 heavy (non-hydrogen) atoms. The third-order valence-electron chi connectivity index (χ3n) is 6.27. The largest absolute Gasteiger partial charge is 0.463 e. The summed E-state index contributed by atoms with van der Waals surface area (Å²) in [5.41, 5.74) is 3.75. The van der Waals surface area contributed by atoms with Gasteiger partial charge in [0.15, 0.2) is 4.80 Å². The third-order valence-corrected chi connectivity index (χ3v) is 7.99. The highest BCUT2D eigenvalue weighted by molar-refractivity contribution is 7.98. The molecule has 2 heterocycles. The van der Waals surface area contributed by atoms with Gasteiger partial charge in [0.1, 0.15) is 0 Å². The van der Waals surface area contributed by atoms with E-state index in [0.717, 1.165) is 34.8 Å². The van der Waals surface area contributed by atoms with Crippen molar-refractivity contribution < 1.29 is 9.53 Å². The summed E-state index contributed by atoms with van der Waals surface area (Å²) in [5, 5.41) is 0. The number of nitrogens with zero attached hydrogens (tertiary/aromatic N) is 3. The number of hydrogen-bond acceptors (Lipinski definition) is 7. The van der Waals surface area contributed by atoms with E-state index >= 15 is 0 Å². The third kappa shape index (κ3) is 5.06. The molecule has 0 saturated carbocycles. The summed E-state index contributed by atoms with van der Waals surface area (Å²) < 4.78 is 7.58. The maximum atomic E-state index is 13.7. The van der Waals surface area contributed by atoms with E-state index in [-0.39, 0.29) is 12.2 Å². The lowest BCUT2D eigenvalue weighted by Crippen LogP contribution is -2.39. The van der Waals surface area contributed by atoms with Crippen LogP contribution >= 0.6 is 23.1 Å². The Morgan fingerprint density at radius 1 is 1.11 bits per heavy atom. The van der Waals surface area contributed by atoms with Crippen molar-refractivity contribution in [3.63, 3.8) is 0 Å². The van der Waals surface area contributed by atoms with Gasteiger partial charge in [-0.05, 0) is 75.4 Å². The van der Waals surface area contributed by atoms with Gasteiger partial charge < -0.3 is 9.64 Å². The molecule has 1 aliphatic rings. The number of rotatable bonds is 8. The van der Waals surface area contributed by atoms with E-state index in [1.807, 2.05) is 48.7 Å². The summed E-state index contributed by atoms with van der Waals surface area (Å²) in [6.45, 7) is 9.98. The summed E-state index contributed by atoms with van der Waals surface area (Å²) in [7, 11) is 0. The normalized spacial score (nSPS) is 15.5. The lowest BCUT2D eigenvalue weighted by atomic mass is 9.96. The first-order valence-corrected chi connectivity index (χ1v) is 14.1. The fraction of sp³-hybridized carbons (Fsp3) is 0.321. The number of fused-ring (bicyclic) bond motifs is 1. The predicted molar refractivity (Wildman–Crippen MR) is 149 cm³/mol. The van der Waals surface area contributed by atoms with Crippen LogP contribution in [0.25, 0.3) is 6.08 Å². The summed E-state index contributed by atoms with van der Waals surface area (Å²) in [5.74, 6) is -0.445. The second-order valence-corrected chi connectivity index (χ2v) is 10.2. The van der Waals surface area contributed by atoms with E-state index in [4.69, 9.17) is 4.74 Å². The minimum absolute atomic E-state index is 0.167. The van der Waals surface area contributed by atoms with Crippen LogP contribution in [0.3, 0.4) is 0 Å². The van der Waals surface area contributed by atoms with Crippen LogP contribution < -0.4 is 19.8 Å². The first-order chi connectivity index (χ1) is 17.4. The number of thioether (sulfide) groups is 1. The van der Waals surface area contributed by atoms with Gasteiger partial charge in [-0.3, -0.25) is 9.36 Å². The molecule has 0 bridgehead atoms. The molecular weight excluding hydrogens is 490 g/mol. The first kappa shape index (κ1) is 26.0. The number of carbonyl (C=O) groups is 1. The van der Waals surface area contributed by atoms with Crippen LogP contribution in [-0.2, 0) is 9.53 Å². The van der Waals surface area contributed by atoms with Gasteiger partial charge in [-0.25, -0.2) is 9.79 Å². The summed E-state index contributed by atoms with van der Waals surface area (Å²) in [6.07, 6.45) is 3.91. The molecule has 1 aliphatic heterocycles. The van der Waals surface area contributed by atoms with Crippen molar-refractivity contribution in [2.45, 2.75) is 38.6 Å². The number of hydrogen-bond donors (Lipinski definition) is 0. The molecule has 1 unspecified atom stereocenters. The molecule has 2 aromatic carbocycles. The smallest absolute Gasteiger partial charge is 0.338 e. The van der Waals surface area contributed by atoms with Crippen LogP contribution in [0, 0.1) is 0 Å². The highest BCUT2D eigenvalue weighted by Gasteiger charge is 2.33. The fourth-order valence-electron chi connectivity index (χ4n) is 4.41. The first-order valence-electron chi connectivity index (χ1n) is 12.1. The van der Waals surface area contributed by atoms with Crippen LogP contribution in [0.1, 0.15) is 44.9 Å². The van der Waals surface area contributed by atoms with E-state index < -0.39 is 12.0 Å². The zero-order valence-corrected chi connectivity index (χ0v) is 22.9. The van der Waals surface area contributed by atoms with E-state index in [1.54, 1.807) is 30.2 Å². The average molecular weight is 522 g/mol. The molecule has 6 nitrogen and oxygen atoms in total. The van der Waals surface area contributed by atoms with Crippen molar-refractivity contribution in [1.82, 2.24) is 4.57 Å². The van der Waals surface area contributed by atoms with E-state index in [2.05, 4.69) is 35.9 Å². The summed E-state index contributed by atoms with van der Waals surface area (Å²) in [6, 6.07) is 15.6. The van der Waals surface area contributed by atoms with Crippen LogP contribution in [0.5, 0.6) is 0 Å². The van der Waals surface area contributed by atoms with Gasteiger partial charge in [-0.1, -0.05) is 35.6 Å². The zero-order valence-electron chi connectivity index (χ0n) is 21.3. The maximum Gasteiger partial charge on any atom is 0.338 e. The lowest BCUT2D eigenvalue weighted by molar-refractivity contribution is -0.139. The van der Waals surface area contributed by atoms with E-state index in [1.165, 1.54) is 11.3 Å². The second-order valence-electron chi connectivity index (χ2n) is 8.34. The van der Waals surface area contributed by atoms with Gasteiger partial charge >= 0.3 is 5.97 Å². The van der Waals surface area contributed by atoms with Gasteiger partial charge in [0, 0.05) is 23.7 Å². The Balaban J connectivity index is 1.84. The van der Waals surface area contributed by atoms with E-state index in [0.29, 0.717) is 20.6 Å². The number of esters is 1. The number of ether oxygens (including phenoxy) is 1. The van der Waals surface area contributed by atoms with Crippen LogP contribution in [0.2, 0.25) is 0 Å². The summed E-state index contributed by atoms with van der Waals surface area (Å²) >= 11 is 2.98. The Bertz CT molecular complexity index is 1450. The molecule has 188 valence electrons. The Labute approximate surface area is 219 Å². The van der Waals surface area contributed by atoms with Crippen molar-refractivity contribution in [2.75, 3.05) is 30.9 Å². The molecule has 1 aromatic heterocycles. The average Bonchev–Trinajstić information content (AvgIpc) is 3.19. The van der Waals surface area contributed by atoms with Crippen molar-refractivity contribution in [3.8, 4) is 0 Å². The highest BCUT2D eigenvalue weighted by Crippen LogP contribution is 2.31. The highest BCUT2D eigenvalue weighted by atomic mass is 32.2. The molecule has 0 amide bonds. The number of benzene rings is 2. The quantitative estimate of drug-likeness (QED) is 0.326. The second kappa shape index (κ2) is 11.3. The van der Waals surface area contributed by atoms with Gasteiger partial charge in [0.05, 0.1) is 28.5 Å². The standard InChI is InChI=1S/C28H31N3O3S2/c1-6-30(7-2)21-13-9-19(10-14-21)17-23-26(32)31-25(20-11-15-22(35-5)16-12-20)24(27(33)34-8-3)18(4)29-28(31)36-23/h9-17,25H,6-8H2,1-5H3. The Morgan fingerprint density at radius 2 is 1.78 bits per heavy atom. The molecular formula is C28H31N3O3S2. The van der Waals surface area contributed by atoms with Crippen molar-refractivity contribution in [1.29, 1.82) is 0 Å². The topological polar surface area (TPSA) is 63.9 Å². The molecule has 4 rings (SSSR count). The van der Waals surface area contributed by atoms with Crippen molar-refractivity contribution >= 4 is 40.8 Å². The van der Waals surface area contributed by atoms with Gasteiger partial charge in [0.25, 0.3) is 5.56 Å². The fourth-order valence-corrected chi connectivity index (χ4v) is 5.87. The molecule has 0 aliphatic carbocycles. The Hall–Kier alpha value is -3.10. The van der Waals surface area contributed by atoms with Gasteiger partial charge in [0.2, 0.25) is 0 Å². The number of aromatic nitrogens is 1. The lowest BCUT2D eigenvalue weighted by Gasteiger charge is -2.24. The van der Waals surface area contributed by atoms with Crippen LogP contribution in [-0.4, -0.2) is 36.5 Å².